The van der Waals surface area contributed by atoms with Gasteiger partial charge >= 0.3 is 0 Å². The van der Waals surface area contributed by atoms with Gasteiger partial charge in [-0.1, -0.05) is 0 Å². The molecule has 0 N–H and O–H groups in total. The minimum atomic E-state index is -1.36. The number of fused-ring (bicyclic) bond motifs is 3. The van der Waals surface area contributed by atoms with E-state index >= 15 is 0 Å². The second kappa shape index (κ2) is 9.13. The highest BCUT2D eigenvalue weighted by atomic mass is 32.2. The van der Waals surface area contributed by atoms with Crippen LogP contribution in [0.3, 0.4) is 0 Å². The molecule has 0 radical (unpaired) electrons. The molecule has 9 nitrogen and oxygen atoms in total. The van der Waals surface area contributed by atoms with Gasteiger partial charge in [0.25, 0.3) is 0 Å². The molecule has 4 rings (SSSR count). The van der Waals surface area contributed by atoms with Crippen molar-refractivity contribution in [2.24, 2.45) is 4.40 Å². The first-order valence-corrected chi connectivity index (χ1v) is 12.7. The topological polar surface area (TPSA) is 96.4 Å². The van der Waals surface area contributed by atoms with Crippen molar-refractivity contribution in [2.75, 3.05) is 13.7 Å². The SMILES string of the molecule is COC1=C(C(C)=NS(=O)C(C)(C)C)CC2C(=C1)OCCn1cc(-c3nc(C)nn3C(C)C)nc12. The van der Waals surface area contributed by atoms with E-state index in [-0.39, 0.29) is 12.0 Å². The number of hydrogen-bond acceptors (Lipinski definition) is 6. The van der Waals surface area contributed by atoms with Crippen LogP contribution in [-0.2, 0) is 27.0 Å². The van der Waals surface area contributed by atoms with E-state index in [1.807, 2.05) is 51.6 Å². The van der Waals surface area contributed by atoms with Crippen molar-refractivity contribution >= 4 is 16.7 Å². The predicted octanol–water partition coefficient (Wildman–Crippen LogP) is 4.26. The van der Waals surface area contributed by atoms with E-state index in [1.165, 1.54) is 0 Å². The van der Waals surface area contributed by atoms with Crippen LogP contribution < -0.4 is 0 Å². The third kappa shape index (κ3) is 4.60. The highest BCUT2D eigenvalue weighted by molar-refractivity contribution is 7.85. The molecular formula is C24H34N6O3S. The summed E-state index contributed by atoms with van der Waals surface area (Å²) in [7, 11) is 0.274. The second-order valence-corrected chi connectivity index (χ2v) is 11.8. The molecule has 0 bridgehead atoms. The van der Waals surface area contributed by atoms with Crippen LogP contribution in [-0.4, -0.2) is 52.7 Å². The van der Waals surface area contributed by atoms with Crippen molar-refractivity contribution in [3.63, 3.8) is 0 Å². The summed E-state index contributed by atoms with van der Waals surface area (Å²) in [5.74, 6) is 3.81. The lowest BCUT2D eigenvalue weighted by molar-refractivity contribution is 0.189. The number of aryl methyl sites for hydroxylation is 1. The molecule has 2 aromatic rings. The molecule has 1 aliphatic carbocycles. The Labute approximate surface area is 203 Å². The molecule has 1 aliphatic heterocycles. The average molecular weight is 487 g/mol. The maximum Gasteiger partial charge on any atom is 0.178 e. The molecule has 2 aromatic heterocycles. The summed E-state index contributed by atoms with van der Waals surface area (Å²) >= 11 is 0. The number of aromatic nitrogens is 5. The first kappa shape index (κ1) is 24.4. The molecule has 2 aliphatic rings. The summed E-state index contributed by atoms with van der Waals surface area (Å²) in [5.41, 5.74) is 2.42. The summed E-state index contributed by atoms with van der Waals surface area (Å²) in [6.07, 6.45) is 4.56. The molecular weight excluding hydrogens is 452 g/mol. The molecule has 34 heavy (non-hydrogen) atoms. The van der Waals surface area contributed by atoms with Gasteiger partial charge in [-0.3, -0.25) is 0 Å². The summed E-state index contributed by atoms with van der Waals surface area (Å²) in [4.78, 5) is 9.67. The maximum absolute atomic E-state index is 12.7. The van der Waals surface area contributed by atoms with E-state index < -0.39 is 15.7 Å². The molecule has 2 atom stereocenters. The van der Waals surface area contributed by atoms with E-state index in [9.17, 15) is 4.21 Å². The maximum atomic E-state index is 12.7. The zero-order chi connectivity index (χ0) is 24.8. The Hall–Kier alpha value is -2.75. The number of imidazole rings is 1. The van der Waals surface area contributed by atoms with Crippen LogP contribution in [0.2, 0.25) is 0 Å². The lowest BCUT2D eigenvalue weighted by Crippen LogP contribution is -2.22. The summed E-state index contributed by atoms with van der Waals surface area (Å²) in [6.45, 7) is 14.9. The molecule has 0 aromatic carbocycles. The molecule has 10 heteroatoms. The highest BCUT2D eigenvalue weighted by Crippen LogP contribution is 2.40. The number of allylic oxidation sites excluding steroid dienone is 3. The first-order chi connectivity index (χ1) is 16.0. The van der Waals surface area contributed by atoms with Crippen LogP contribution in [0.4, 0.5) is 0 Å². The van der Waals surface area contributed by atoms with Crippen molar-refractivity contribution in [3.05, 3.63) is 41.0 Å². The Balaban J connectivity index is 1.75. The Kier molecular flexibility index (Phi) is 6.54. The molecule has 0 saturated heterocycles. The van der Waals surface area contributed by atoms with Gasteiger partial charge < -0.3 is 14.0 Å². The van der Waals surface area contributed by atoms with Crippen LogP contribution in [0.15, 0.2) is 33.8 Å². The number of hydrogen-bond donors (Lipinski definition) is 0. The largest absolute Gasteiger partial charge is 0.496 e. The van der Waals surface area contributed by atoms with E-state index in [0.717, 1.165) is 34.5 Å². The van der Waals surface area contributed by atoms with Gasteiger partial charge in [-0.15, -0.1) is 0 Å². The molecule has 2 unspecified atom stereocenters. The fraction of sp³-hybridized carbons (Fsp3) is 0.583. The van der Waals surface area contributed by atoms with E-state index in [4.69, 9.17) is 14.5 Å². The van der Waals surface area contributed by atoms with Gasteiger partial charge in [0.05, 0.1) is 30.0 Å². The second-order valence-electron chi connectivity index (χ2n) is 9.94. The molecule has 0 amide bonds. The van der Waals surface area contributed by atoms with Crippen molar-refractivity contribution in [2.45, 2.75) is 78.1 Å². The van der Waals surface area contributed by atoms with Crippen molar-refractivity contribution in [1.82, 2.24) is 24.3 Å². The summed E-state index contributed by atoms with van der Waals surface area (Å²) in [6, 6.07) is 0.174. The number of ether oxygens (including phenoxy) is 2. The molecule has 0 spiro atoms. The molecule has 0 fully saturated rings. The normalized spacial score (nSPS) is 19.9. The van der Waals surface area contributed by atoms with Crippen LogP contribution >= 0.6 is 0 Å². The molecule has 184 valence electrons. The lowest BCUT2D eigenvalue weighted by atomic mass is 9.88. The molecule has 3 heterocycles. The van der Waals surface area contributed by atoms with Crippen LogP contribution in [0, 0.1) is 6.92 Å². The zero-order valence-corrected chi connectivity index (χ0v) is 22.1. The Bertz CT molecular complexity index is 1210. The molecule has 0 saturated carbocycles. The van der Waals surface area contributed by atoms with Gasteiger partial charge in [0.1, 0.15) is 46.5 Å². The third-order valence-corrected chi connectivity index (χ3v) is 7.39. The van der Waals surface area contributed by atoms with Crippen LogP contribution in [0.1, 0.15) is 71.6 Å². The minimum absolute atomic E-state index is 0.102. The van der Waals surface area contributed by atoms with Gasteiger partial charge in [0.15, 0.2) is 5.82 Å². The Morgan fingerprint density at radius 3 is 2.71 bits per heavy atom. The smallest absolute Gasteiger partial charge is 0.178 e. The minimum Gasteiger partial charge on any atom is -0.496 e. The van der Waals surface area contributed by atoms with E-state index in [0.29, 0.717) is 31.0 Å². The monoisotopic (exact) mass is 486 g/mol. The third-order valence-electron chi connectivity index (χ3n) is 5.90. The zero-order valence-electron chi connectivity index (χ0n) is 21.2. The predicted molar refractivity (Wildman–Crippen MR) is 133 cm³/mol. The highest BCUT2D eigenvalue weighted by Gasteiger charge is 2.34. The summed E-state index contributed by atoms with van der Waals surface area (Å²) < 4.78 is 32.6. The standard InChI is InChI=1S/C24H34N6O3S/c1-14(2)30-23(25-16(4)27-30)19-13-29-9-10-33-21-12-20(32-8)17(11-18(21)22(29)26-19)15(3)28-34(31)24(5,6)7/h12-14,18H,9-11H2,1-8H3. The van der Waals surface area contributed by atoms with Gasteiger partial charge in [0, 0.05) is 23.9 Å². The van der Waals surface area contributed by atoms with Gasteiger partial charge in [0.2, 0.25) is 0 Å². The Morgan fingerprint density at radius 2 is 2.06 bits per heavy atom. The quantitative estimate of drug-likeness (QED) is 0.586. The van der Waals surface area contributed by atoms with Gasteiger partial charge in [-0.05, 0) is 54.9 Å². The fourth-order valence-corrected chi connectivity index (χ4v) is 4.76. The summed E-state index contributed by atoms with van der Waals surface area (Å²) in [5, 5.41) is 4.55. The van der Waals surface area contributed by atoms with Crippen LogP contribution in [0.5, 0.6) is 0 Å². The number of methoxy groups -OCH3 is 1. The first-order valence-electron chi connectivity index (χ1n) is 11.6. The van der Waals surface area contributed by atoms with Crippen molar-refractivity contribution in [3.8, 4) is 11.5 Å². The Morgan fingerprint density at radius 1 is 1.32 bits per heavy atom. The van der Waals surface area contributed by atoms with Gasteiger partial charge in [-0.25, -0.2) is 18.9 Å². The number of rotatable bonds is 5. The van der Waals surface area contributed by atoms with E-state index in [2.05, 4.69) is 32.9 Å². The lowest BCUT2D eigenvalue weighted by Gasteiger charge is -2.25. The number of nitrogens with zero attached hydrogens (tertiary/aromatic N) is 6. The van der Waals surface area contributed by atoms with Crippen molar-refractivity contribution < 1.29 is 13.7 Å². The van der Waals surface area contributed by atoms with E-state index in [1.54, 1.807) is 7.11 Å². The average Bonchev–Trinajstić information content (AvgIpc) is 3.32. The fourth-order valence-electron chi connectivity index (χ4n) is 4.13. The van der Waals surface area contributed by atoms with Crippen molar-refractivity contribution in [1.29, 1.82) is 0 Å². The van der Waals surface area contributed by atoms with Crippen LogP contribution in [0.25, 0.3) is 11.5 Å². The van der Waals surface area contributed by atoms with Gasteiger partial charge in [-0.2, -0.15) is 9.50 Å².